The Morgan fingerprint density at radius 2 is 1.56 bits per heavy atom. The zero-order valence-corrected chi connectivity index (χ0v) is 20.7. The third-order valence-corrected chi connectivity index (χ3v) is 6.95. The van der Waals surface area contributed by atoms with Crippen molar-refractivity contribution in [3.63, 3.8) is 0 Å². The second kappa shape index (κ2) is 10.3. The largest absolute Gasteiger partial charge is 0.373 e. The van der Waals surface area contributed by atoms with Gasteiger partial charge in [0.25, 0.3) is 0 Å². The molecule has 2 atom stereocenters. The van der Waals surface area contributed by atoms with E-state index in [0.717, 1.165) is 62.9 Å². The Bertz CT molecular complexity index is 890. The molecule has 2 aromatic rings. The van der Waals surface area contributed by atoms with E-state index < -0.39 is 0 Å². The minimum absolute atomic E-state index is 0.265. The highest BCUT2D eigenvalue weighted by molar-refractivity contribution is 5.68. The van der Waals surface area contributed by atoms with Gasteiger partial charge in [-0.1, -0.05) is 32.0 Å². The van der Waals surface area contributed by atoms with E-state index in [4.69, 9.17) is 14.7 Å². The molecule has 5 heteroatoms. The van der Waals surface area contributed by atoms with Gasteiger partial charge in [0.1, 0.15) is 5.82 Å². The molecule has 0 unspecified atom stereocenters. The van der Waals surface area contributed by atoms with Gasteiger partial charge in [-0.2, -0.15) is 0 Å². The summed E-state index contributed by atoms with van der Waals surface area (Å²) < 4.78 is 5.98. The van der Waals surface area contributed by atoms with Crippen LogP contribution in [-0.4, -0.2) is 53.3 Å². The van der Waals surface area contributed by atoms with Crippen LogP contribution in [-0.2, 0) is 24.1 Å². The van der Waals surface area contributed by atoms with Gasteiger partial charge in [0, 0.05) is 49.5 Å². The average molecular weight is 437 g/mol. The van der Waals surface area contributed by atoms with E-state index >= 15 is 0 Å². The lowest BCUT2D eigenvalue weighted by Crippen LogP contribution is -2.45. The Kier molecular flexibility index (Phi) is 7.47. The van der Waals surface area contributed by atoms with Crippen LogP contribution in [0.1, 0.15) is 69.3 Å². The highest BCUT2D eigenvalue weighted by atomic mass is 16.5. The van der Waals surface area contributed by atoms with Crippen molar-refractivity contribution in [1.82, 2.24) is 14.9 Å². The van der Waals surface area contributed by atoms with Crippen molar-refractivity contribution in [3.05, 3.63) is 40.6 Å². The van der Waals surface area contributed by atoms with Crippen molar-refractivity contribution in [3.8, 4) is 11.4 Å². The lowest BCUT2D eigenvalue weighted by Gasteiger charge is -2.37. The highest BCUT2D eigenvalue weighted by Crippen LogP contribution is 2.32. The number of aromatic nitrogens is 2. The monoisotopic (exact) mass is 436 g/mol. The zero-order valence-electron chi connectivity index (χ0n) is 20.7. The number of piperidine rings is 1. The van der Waals surface area contributed by atoms with Crippen LogP contribution in [0.4, 0.5) is 5.82 Å². The number of aryl methyl sites for hydroxylation is 3. The number of anilines is 1. The number of hydrogen-bond donors (Lipinski definition) is 0. The third-order valence-electron chi connectivity index (χ3n) is 6.95. The van der Waals surface area contributed by atoms with Gasteiger partial charge in [0.15, 0.2) is 5.82 Å². The molecule has 2 fully saturated rings. The van der Waals surface area contributed by atoms with E-state index in [1.807, 2.05) is 0 Å². The first-order valence-corrected chi connectivity index (χ1v) is 12.6. The molecule has 5 nitrogen and oxygen atoms in total. The Labute approximate surface area is 194 Å². The van der Waals surface area contributed by atoms with E-state index in [1.54, 1.807) is 0 Å². The van der Waals surface area contributed by atoms with Crippen molar-refractivity contribution in [2.24, 2.45) is 0 Å². The fourth-order valence-electron chi connectivity index (χ4n) is 5.41. The third kappa shape index (κ3) is 4.99. The molecule has 2 aliphatic heterocycles. The highest BCUT2D eigenvalue weighted by Gasteiger charge is 2.27. The van der Waals surface area contributed by atoms with Crippen molar-refractivity contribution in [2.75, 3.05) is 31.1 Å². The van der Waals surface area contributed by atoms with E-state index in [1.165, 1.54) is 41.5 Å². The topological polar surface area (TPSA) is 41.5 Å². The maximum Gasteiger partial charge on any atom is 0.162 e. The molecule has 0 spiro atoms. The molecule has 0 bridgehead atoms. The summed E-state index contributed by atoms with van der Waals surface area (Å²) in [6.45, 7) is 16.0. The maximum atomic E-state index is 5.98. The summed E-state index contributed by atoms with van der Waals surface area (Å²) in [6, 6.07) is 6.64. The fraction of sp³-hybridized carbons (Fsp3) is 0.630. The summed E-state index contributed by atoms with van der Waals surface area (Å²) in [4.78, 5) is 15.5. The fourth-order valence-corrected chi connectivity index (χ4v) is 5.41. The molecule has 4 rings (SSSR count). The summed E-state index contributed by atoms with van der Waals surface area (Å²) in [6.07, 6.45) is 6.33. The van der Waals surface area contributed by atoms with Gasteiger partial charge in [0.2, 0.25) is 0 Å². The maximum absolute atomic E-state index is 5.98. The predicted molar refractivity (Wildman–Crippen MR) is 132 cm³/mol. The molecule has 0 aliphatic carbocycles. The normalized spacial score (nSPS) is 22.3. The molecule has 1 aromatic carbocycles. The van der Waals surface area contributed by atoms with E-state index in [0.29, 0.717) is 0 Å². The molecule has 0 saturated carbocycles. The zero-order chi connectivity index (χ0) is 22.7. The Morgan fingerprint density at radius 1 is 0.938 bits per heavy atom. The molecule has 174 valence electrons. The average Bonchev–Trinajstić information content (AvgIpc) is 2.79. The van der Waals surface area contributed by atoms with Crippen LogP contribution in [0, 0.1) is 6.92 Å². The molecule has 32 heavy (non-hydrogen) atoms. The first-order chi connectivity index (χ1) is 15.5. The van der Waals surface area contributed by atoms with Gasteiger partial charge in [0.05, 0.1) is 12.2 Å². The van der Waals surface area contributed by atoms with E-state index in [-0.39, 0.29) is 12.2 Å². The SMILES string of the molecule is CCc1cccc(CC)c1-c1nc(C)c(CN2C[C@H](C)O[C@@H](C)C2)c(N2CCCCC2)n1. The molecular weight excluding hydrogens is 396 g/mol. The molecular formula is C27H40N4O. The van der Waals surface area contributed by atoms with E-state index in [2.05, 4.69) is 62.6 Å². The Balaban J connectivity index is 1.78. The first-order valence-electron chi connectivity index (χ1n) is 12.6. The summed E-state index contributed by atoms with van der Waals surface area (Å²) in [5, 5.41) is 0. The second-order valence-corrected chi connectivity index (χ2v) is 9.59. The Hall–Kier alpha value is -1.98. The Morgan fingerprint density at radius 3 is 2.16 bits per heavy atom. The van der Waals surface area contributed by atoms with Crippen molar-refractivity contribution < 1.29 is 4.74 Å². The van der Waals surface area contributed by atoms with E-state index in [9.17, 15) is 0 Å². The number of rotatable bonds is 6. The quantitative estimate of drug-likeness (QED) is 0.624. The summed E-state index contributed by atoms with van der Waals surface area (Å²) >= 11 is 0. The number of morpholine rings is 1. The van der Waals surface area contributed by atoms with Crippen LogP contribution < -0.4 is 4.90 Å². The number of hydrogen-bond acceptors (Lipinski definition) is 5. The standard InChI is InChI=1S/C27H40N4O/c1-6-22-12-11-13-23(7-2)25(22)26-28-21(5)24(18-30-16-19(3)32-20(4)17-30)27(29-26)31-14-9-8-10-15-31/h11-13,19-20H,6-10,14-18H2,1-5H3/t19-,20-/m0/s1. The van der Waals surface area contributed by atoms with Crippen molar-refractivity contribution >= 4 is 5.82 Å². The smallest absolute Gasteiger partial charge is 0.162 e. The minimum Gasteiger partial charge on any atom is -0.373 e. The number of nitrogens with zero attached hydrogens (tertiary/aromatic N) is 4. The number of benzene rings is 1. The molecule has 2 saturated heterocycles. The van der Waals surface area contributed by atoms with Crippen LogP contribution in [0.25, 0.3) is 11.4 Å². The molecule has 1 aromatic heterocycles. The first kappa shape index (κ1) is 23.2. The lowest BCUT2D eigenvalue weighted by molar-refractivity contribution is -0.0705. The molecule has 3 heterocycles. The minimum atomic E-state index is 0.265. The van der Waals surface area contributed by atoms with Crippen molar-refractivity contribution in [2.45, 2.75) is 85.5 Å². The second-order valence-electron chi connectivity index (χ2n) is 9.59. The van der Waals surface area contributed by atoms with Gasteiger partial charge in [-0.3, -0.25) is 4.90 Å². The molecule has 0 amide bonds. The van der Waals surface area contributed by atoms with Crippen LogP contribution in [0.2, 0.25) is 0 Å². The summed E-state index contributed by atoms with van der Waals surface area (Å²) in [7, 11) is 0. The van der Waals surface area contributed by atoms with Gasteiger partial charge in [-0.15, -0.1) is 0 Å². The number of ether oxygens (including phenoxy) is 1. The molecule has 0 N–H and O–H groups in total. The molecule has 2 aliphatic rings. The van der Waals surface area contributed by atoms with Gasteiger partial charge in [-0.25, -0.2) is 9.97 Å². The summed E-state index contributed by atoms with van der Waals surface area (Å²) in [5.74, 6) is 2.07. The van der Waals surface area contributed by atoms with Crippen LogP contribution in [0.15, 0.2) is 18.2 Å². The summed E-state index contributed by atoms with van der Waals surface area (Å²) in [5.41, 5.74) is 6.35. The van der Waals surface area contributed by atoms with Gasteiger partial charge < -0.3 is 9.64 Å². The van der Waals surface area contributed by atoms with Crippen LogP contribution >= 0.6 is 0 Å². The van der Waals surface area contributed by atoms with Crippen molar-refractivity contribution in [1.29, 1.82) is 0 Å². The van der Waals surface area contributed by atoms with Crippen LogP contribution in [0.3, 0.4) is 0 Å². The molecule has 0 radical (unpaired) electrons. The van der Waals surface area contributed by atoms with Gasteiger partial charge >= 0.3 is 0 Å². The van der Waals surface area contributed by atoms with Gasteiger partial charge in [-0.05, 0) is 64.0 Å². The lowest BCUT2D eigenvalue weighted by atomic mass is 9.96. The predicted octanol–water partition coefficient (Wildman–Crippen LogP) is 5.18. The van der Waals surface area contributed by atoms with Crippen LogP contribution in [0.5, 0.6) is 0 Å².